The highest BCUT2D eigenvalue weighted by molar-refractivity contribution is 7.90. The lowest BCUT2D eigenvalue weighted by molar-refractivity contribution is 0.0697. The van der Waals surface area contributed by atoms with Gasteiger partial charge in [-0.2, -0.15) is 12.7 Å². The van der Waals surface area contributed by atoms with Gasteiger partial charge in [0.25, 0.3) is 0 Å². The van der Waals surface area contributed by atoms with Gasteiger partial charge in [0.05, 0.1) is 17.8 Å². The molecule has 0 saturated carbocycles. The predicted octanol–water partition coefficient (Wildman–Crippen LogP) is 2.34. The first-order valence-electron chi connectivity index (χ1n) is 7.00. The second-order valence-electron chi connectivity index (χ2n) is 5.25. The van der Waals surface area contributed by atoms with E-state index >= 15 is 0 Å². The number of benzene rings is 2. The highest BCUT2D eigenvalue weighted by atomic mass is 32.2. The molecule has 8 heteroatoms. The van der Waals surface area contributed by atoms with Crippen LogP contribution in [0.25, 0.3) is 0 Å². The zero-order valence-electron chi connectivity index (χ0n) is 13.2. The molecule has 24 heavy (non-hydrogen) atoms. The minimum atomic E-state index is -3.93. The zero-order valence-corrected chi connectivity index (χ0v) is 14.0. The Bertz CT molecular complexity index is 835. The minimum absolute atomic E-state index is 0.0755. The molecule has 6 nitrogen and oxygen atoms in total. The molecule has 0 amide bonds. The highest BCUT2D eigenvalue weighted by Crippen LogP contribution is 2.25. The number of carboxylic acid groups (broad SMARTS) is 1. The van der Waals surface area contributed by atoms with Gasteiger partial charge in [-0.25, -0.2) is 9.18 Å². The van der Waals surface area contributed by atoms with E-state index in [1.54, 1.807) is 6.07 Å². The van der Waals surface area contributed by atoms with E-state index < -0.39 is 22.0 Å². The van der Waals surface area contributed by atoms with Crippen LogP contribution in [0.15, 0.2) is 48.5 Å². The monoisotopic (exact) mass is 352 g/mol. The summed E-state index contributed by atoms with van der Waals surface area (Å²) in [6, 6.07) is 11.3. The van der Waals surface area contributed by atoms with Crippen LogP contribution in [-0.2, 0) is 16.8 Å². The van der Waals surface area contributed by atoms with Gasteiger partial charge in [0, 0.05) is 14.1 Å². The van der Waals surface area contributed by atoms with Crippen molar-refractivity contribution in [2.24, 2.45) is 0 Å². The highest BCUT2D eigenvalue weighted by Gasteiger charge is 2.27. The van der Waals surface area contributed by atoms with E-state index in [-0.39, 0.29) is 17.8 Å². The first-order valence-corrected chi connectivity index (χ1v) is 8.40. The molecule has 0 atom stereocenters. The van der Waals surface area contributed by atoms with Crippen LogP contribution in [0.4, 0.5) is 10.1 Å². The van der Waals surface area contributed by atoms with E-state index in [1.807, 2.05) is 0 Å². The van der Waals surface area contributed by atoms with Crippen LogP contribution >= 0.6 is 0 Å². The summed E-state index contributed by atoms with van der Waals surface area (Å²) >= 11 is 0. The van der Waals surface area contributed by atoms with Crippen molar-refractivity contribution in [1.82, 2.24) is 4.31 Å². The van der Waals surface area contributed by atoms with Crippen molar-refractivity contribution < 1.29 is 22.7 Å². The Hall–Kier alpha value is -2.45. The van der Waals surface area contributed by atoms with E-state index in [2.05, 4.69) is 0 Å². The molecule has 0 aliphatic heterocycles. The van der Waals surface area contributed by atoms with Gasteiger partial charge in [-0.1, -0.05) is 24.3 Å². The van der Waals surface area contributed by atoms with Crippen LogP contribution in [0.2, 0.25) is 0 Å². The smallest absolute Gasteiger partial charge is 0.335 e. The number of carbonyl (C=O) groups is 1. The van der Waals surface area contributed by atoms with Crippen LogP contribution in [0.1, 0.15) is 15.9 Å². The summed E-state index contributed by atoms with van der Waals surface area (Å²) in [6.07, 6.45) is 0. The molecule has 0 bridgehead atoms. The molecule has 0 saturated heterocycles. The maximum atomic E-state index is 14.1. The van der Waals surface area contributed by atoms with Gasteiger partial charge in [-0.3, -0.25) is 4.31 Å². The fourth-order valence-corrected chi connectivity index (χ4v) is 3.16. The molecule has 0 spiro atoms. The summed E-state index contributed by atoms with van der Waals surface area (Å²) < 4.78 is 41.1. The molecular weight excluding hydrogens is 335 g/mol. The van der Waals surface area contributed by atoms with E-state index in [1.165, 1.54) is 56.6 Å². The third-order valence-electron chi connectivity index (χ3n) is 3.39. The molecule has 1 N–H and O–H groups in total. The lowest BCUT2D eigenvalue weighted by Crippen LogP contribution is -2.40. The number of para-hydroxylation sites is 1. The fraction of sp³-hybridized carbons (Fsp3) is 0.188. The summed E-state index contributed by atoms with van der Waals surface area (Å²) in [5, 5.41) is 8.91. The molecule has 2 aromatic rings. The Morgan fingerprint density at radius 1 is 1.08 bits per heavy atom. The lowest BCUT2D eigenvalue weighted by Gasteiger charge is -2.27. The summed E-state index contributed by atoms with van der Waals surface area (Å²) in [7, 11) is -1.21. The van der Waals surface area contributed by atoms with Crippen LogP contribution in [0.5, 0.6) is 0 Å². The molecule has 0 aliphatic carbocycles. The van der Waals surface area contributed by atoms with E-state index in [9.17, 15) is 17.6 Å². The quantitative estimate of drug-likeness (QED) is 0.866. The van der Waals surface area contributed by atoms with E-state index in [0.717, 1.165) is 8.61 Å². The van der Waals surface area contributed by atoms with Crippen LogP contribution in [0, 0.1) is 5.82 Å². The van der Waals surface area contributed by atoms with E-state index in [0.29, 0.717) is 5.56 Å². The third kappa shape index (κ3) is 3.72. The van der Waals surface area contributed by atoms with Gasteiger partial charge in [0.2, 0.25) is 0 Å². The normalized spacial score (nSPS) is 11.5. The minimum Gasteiger partial charge on any atom is -0.478 e. The lowest BCUT2D eigenvalue weighted by atomic mass is 10.1. The topological polar surface area (TPSA) is 77.9 Å². The molecule has 2 rings (SSSR count). The Labute approximate surface area is 139 Å². The van der Waals surface area contributed by atoms with Crippen molar-refractivity contribution >= 4 is 21.9 Å². The third-order valence-corrected chi connectivity index (χ3v) is 5.19. The Balaban J connectivity index is 2.44. The van der Waals surface area contributed by atoms with Gasteiger partial charge in [0.15, 0.2) is 0 Å². The maximum absolute atomic E-state index is 14.1. The summed E-state index contributed by atoms with van der Waals surface area (Å²) in [4.78, 5) is 10.9. The van der Waals surface area contributed by atoms with Gasteiger partial charge in [0.1, 0.15) is 5.82 Å². The van der Waals surface area contributed by atoms with Crippen molar-refractivity contribution in [1.29, 1.82) is 0 Å². The molecule has 0 fully saturated rings. The van der Waals surface area contributed by atoms with Crippen molar-refractivity contribution in [2.75, 3.05) is 18.4 Å². The maximum Gasteiger partial charge on any atom is 0.335 e. The van der Waals surface area contributed by atoms with Gasteiger partial charge < -0.3 is 5.11 Å². The number of carboxylic acids is 1. The number of halogens is 1. The van der Waals surface area contributed by atoms with Crippen LogP contribution in [0.3, 0.4) is 0 Å². The summed E-state index contributed by atoms with van der Waals surface area (Å²) in [5.74, 6) is -1.74. The average molecular weight is 352 g/mol. The van der Waals surface area contributed by atoms with E-state index in [4.69, 9.17) is 5.11 Å². The van der Waals surface area contributed by atoms with Crippen molar-refractivity contribution in [2.45, 2.75) is 6.54 Å². The Kier molecular flexibility index (Phi) is 5.20. The van der Waals surface area contributed by atoms with Crippen LogP contribution in [-0.4, -0.2) is 37.9 Å². The molecular formula is C16H17FN2O4S. The number of anilines is 1. The van der Waals surface area contributed by atoms with Crippen molar-refractivity contribution in [3.05, 3.63) is 65.5 Å². The predicted molar refractivity (Wildman–Crippen MR) is 88.6 cm³/mol. The van der Waals surface area contributed by atoms with Crippen LogP contribution < -0.4 is 4.31 Å². The molecule has 0 unspecified atom stereocenters. The van der Waals surface area contributed by atoms with Gasteiger partial charge in [-0.05, 0) is 29.8 Å². The fourth-order valence-electron chi connectivity index (χ4n) is 2.06. The first-order chi connectivity index (χ1) is 11.2. The zero-order chi connectivity index (χ0) is 17.9. The SMILES string of the molecule is CN(C)S(=O)(=O)N(Cc1ccc(C(=O)O)cc1)c1ccccc1F. The number of nitrogens with zero attached hydrogens (tertiary/aromatic N) is 2. The van der Waals surface area contributed by atoms with Crippen molar-refractivity contribution in [3.8, 4) is 0 Å². The summed E-state index contributed by atoms with van der Waals surface area (Å²) in [5.41, 5.74) is 0.550. The largest absolute Gasteiger partial charge is 0.478 e. The first kappa shape index (κ1) is 17.9. The molecule has 0 aliphatic rings. The molecule has 128 valence electrons. The molecule has 0 heterocycles. The number of rotatable bonds is 6. The molecule has 2 aromatic carbocycles. The standard InChI is InChI=1S/C16H17FN2O4S/c1-18(2)24(22,23)19(15-6-4-3-5-14(15)17)11-12-7-9-13(10-8-12)16(20)21/h3-10H,11H2,1-2H3,(H,20,21). The number of hydrogen-bond donors (Lipinski definition) is 1. The second-order valence-corrected chi connectivity index (χ2v) is 7.32. The van der Waals surface area contributed by atoms with Gasteiger partial charge in [-0.15, -0.1) is 0 Å². The van der Waals surface area contributed by atoms with Crippen molar-refractivity contribution in [3.63, 3.8) is 0 Å². The molecule has 0 aromatic heterocycles. The second kappa shape index (κ2) is 6.98. The van der Waals surface area contributed by atoms with Gasteiger partial charge >= 0.3 is 16.2 Å². The summed E-state index contributed by atoms with van der Waals surface area (Å²) in [6.45, 7) is -0.124. The Morgan fingerprint density at radius 2 is 1.67 bits per heavy atom. The average Bonchev–Trinajstić information content (AvgIpc) is 2.53. The molecule has 0 radical (unpaired) electrons. The Morgan fingerprint density at radius 3 is 2.17 bits per heavy atom. The number of hydrogen-bond acceptors (Lipinski definition) is 3. The number of aromatic carboxylic acids is 1.